The smallest absolute Gasteiger partial charge is 0.518 e. The van der Waals surface area contributed by atoms with Crippen LogP contribution in [0.25, 0.3) is 0 Å². The van der Waals surface area contributed by atoms with Crippen LogP contribution in [-0.2, 0) is 10.0 Å². The van der Waals surface area contributed by atoms with E-state index >= 15 is 0 Å². The highest BCUT2D eigenvalue weighted by atomic mass is 79.9. The molecule has 0 aliphatic heterocycles. The molecule has 0 aliphatic rings. The molecule has 0 aromatic heterocycles. The Morgan fingerprint density at radius 2 is 1.61 bits per heavy atom. The van der Waals surface area contributed by atoms with Crippen LogP contribution in [0.5, 0.6) is 0 Å². The second kappa shape index (κ2) is 5.17. The fourth-order valence-corrected chi connectivity index (χ4v) is 2.61. The molecule has 0 saturated carbocycles. The molecular weight excluding hydrogens is 407 g/mol. The first kappa shape index (κ1) is 15.4. The number of rotatable bonds is 2. The van der Waals surface area contributed by atoms with Crippen LogP contribution in [0.3, 0.4) is 0 Å². The molecule has 4 nitrogen and oxygen atoms in total. The van der Waals surface area contributed by atoms with E-state index in [1.165, 1.54) is 6.07 Å². The van der Waals surface area contributed by atoms with Gasteiger partial charge in [-0.3, -0.25) is 0 Å². The maximum Gasteiger partial charge on any atom is 0.518 e. The van der Waals surface area contributed by atoms with Crippen LogP contribution in [0.2, 0.25) is 0 Å². The molecule has 0 amide bonds. The molecule has 0 radical (unpaired) electrons. The summed E-state index contributed by atoms with van der Waals surface area (Å²) in [5.41, 5.74) is -5.88. The van der Waals surface area contributed by atoms with Crippen molar-refractivity contribution >= 4 is 47.8 Å². The Hall–Kier alpha value is -0.610. The van der Waals surface area contributed by atoms with E-state index in [2.05, 4.69) is 36.3 Å². The van der Waals surface area contributed by atoms with Gasteiger partial charge in [0.2, 0.25) is 0 Å². The lowest BCUT2D eigenvalue weighted by Crippen LogP contribution is -2.27. The number of hydrogen-bond donors (Lipinski definition) is 0. The van der Waals surface area contributed by atoms with E-state index in [1.807, 2.05) is 0 Å². The number of alkyl halides is 3. The molecule has 0 aliphatic carbocycles. The fourth-order valence-electron chi connectivity index (χ4n) is 0.891. The summed E-state index contributed by atoms with van der Waals surface area (Å²) < 4.78 is 60.4. The summed E-state index contributed by atoms with van der Waals surface area (Å²) in [5, 5.41) is 11.3. The molecule has 18 heavy (non-hydrogen) atoms. The van der Waals surface area contributed by atoms with Crippen LogP contribution >= 0.6 is 31.9 Å². The third kappa shape index (κ3) is 3.69. The average molecular weight is 410 g/mol. The van der Waals surface area contributed by atoms with Crippen molar-refractivity contribution in [3.8, 4) is 0 Å². The van der Waals surface area contributed by atoms with Crippen molar-refractivity contribution in [1.82, 2.24) is 0 Å². The number of hydrogen-bond acceptors (Lipinski definition) is 3. The van der Waals surface area contributed by atoms with Crippen molar-refractivity contribution in [3.05, 3.63) is 32.7 Å². The maximum atomic E-state index is 12.0. The highest BCUT2D eigenvalue weighted by Crippen LogP contribution is 2.25. The Bertz CT molecular complexity index is 578. The van der Waals surface area contributed by atoms with Gasteiger partial charge in [0.25, 0.3) is 0 Å². The molecule has 1 rings (SSSR count). The summed E-state index contributed by atoms with van der Waals surface area (Å²) in [4.78, 5) is 0. The van der Waals surface area contributed by atoms with Gasteiger partial charge in [0, 0.05) is 14.8 Å². The topological polar surface area (TPSA) is 69.6 Å². The predicted molar refractivity (Wildman–Crippen MR) is 63.4 cm³/mol. The van der Waals surface area contributed by atoms with E-state index in [-0.39, 0.29) is 5.56 Å². The van der Waals surface area contributed by atoms with E-state index in [0.29, 0.717) is 8.95 Å². The standard InChI is InChI=1S/C8H4Br2F3NO3S/c9-5-1-4(2-6(10)3-5)7(15)14-18(16,17)8(11,12)13/h1-3H,(H,14,15)/p-1. The Labute approximate surface area is 117 Å². The molecule has 0 unspecified atom stereocenters. The second-order valence-electron chi connectivity index (χ2n) is 2.98. The van der Waals surface area contributed by atoms with Crippen LogP contribution in [0.4, 0.5) is 13.2 Å². The number of sulfonamides is 1. The molecule has 1 aromatic carbocycles. The maximum absolute atomic E-state index is 12.0. The van der Waals surface area contributed by atoms with Crippen molar-refractivity contribution in [2.75, 3.05) is 0 Å². The van der Waals surface area contributed by atoms with Gasteiger partial charge in [-0.25, -0.2) is 0 Å². The van der Waals surface area contributed by atoms with Crippen LogP contribution in [0.1, 0.15) is 5.56 Å². The fraction of sp³-hybridized carbons (Fsp3) is 0.125. The SMILES string of the molecule is O=S(=O)(/N=C(\[O-])c1cc(Br)cc(Br)c1)C(F)(F)F. The highest BCUT2D eigenvalue weighted by Gasteiger charge is 2.45. The predicted octanol–water partition coefficient (Wildman–Crippen LogP) is 2.17. The van der Waals surface area contributed by atoms with Gasteiger partial charge >= 0.3 is 15.5 Å². The minimum Gasteiger partial charge on any atom is -0.858 e. The molecule has 0 heterocycles. The van der Waals surface area contributed by atoms with Gasteiger partial charge in [0.1, 0.15) is 0 Å². The lowest BCUT2D eigenvalue weighted by Gasteiger charge is -2.12. The van der Waals surface area contributed by atoms with E-state index < -0.39 is 21.4 Å². The summed E-state index contributed by atoms with van der Waals surface area (Å²) in [5.74, 6) is -1.49. The summed E-state index contributed by atoms with van der Waals surface area (Å²) in [6.07, 6.45) is 0. The van der Waals surface area contributed by atoms with Crippen LogP contribution in [0.15, 0.2) is 31.5 Å². The molecule has 10 heteroatoms. The zero-order valence-electron chi connectivity index (χ0n) is 8.20. The van der Waals surface area contributed by atoms with E-state index in [9.17, 15) is 26.7 Å². The van der Waals surface area contributed by atoms with Crippen LogP contribution in [-0.4, -0.2) is 19.8 Å². The van der Waals surface area contributed by atoms with Gasteiger partial charge in [-0.2, -0.15) is 26.0 Å². The normalized spacial score (nSPS) is 13.7. The first-order chi connectivity index (χ1) is 8.03. The summed E-state index contributed by atoms with van der Waals surface area (Å²) >= 11 is 6.01. The first-order valence-electron chi connectivity index (χ1n) is 4.07. The Kier molecular flexibility index (Phi) is 4.44. The molecule has 0 N–H and O–H groups in total. The largest absolute Gasteiger partial charge is 0.858 e. The molecular formula is C8H3Br2F3NO3S-. The van der Waals surface area contributed by atoms with Crippen molar-refractivity contribution in [2.24, 2.45) is 4.40 Å². The van der Waals surface area contributed by atoms with Crippen molar-refractivity contribution in [2.45, 2.75) is 5.51 Å². The lowest BCUT2D eigenvalue weighted by atomic mass is 10.2. The monoisotopic (exact) mass is 408 g/mol. The third-order valence-corrected chi connectivity index (χ3v) is 3.51. The van der Waals surface area contributed by atoms with Gasteiger partial charge < -0.3 is 5.11 Å². The van der Waals surface area contributed by atoms with Crippen molar-refractivity contribution in [3.63, 3.8) is 0 Å². The lowest BCUT2D eigenvalue weighted by molar-refractivity contribution is -0.212. The first-order valence-corrected chi connectivity index (χ1v) is 7.10. The van der Waals surface area contributed by atoms with Gasteiger partial charge in [0.15, 0.2) is 0 Å². The van der Waals surface area contributed by atoms with Crippen molar-refractivity contribution in [1.29, 1.82) is 0 Å². The quantitative estimate of drug-likeness (QED) is 0.555. The zero-order valence-corrected chi connectivity index (χ0v) is 12.2. The molecule has 0 bridgehead atoms. The van der Waals surface area contributed by atoms with Gasteiger partial charge in [-0.1, -0.05) is 31.9 Å². The minimum atomic E-state index is -5.83. The van der Waals surface area contributed by atoms with Gasteiger partial charge in [-0.05, 0) is 23.8 Å². The second-order valence-corrected chi connectivity index (χ2v) is 6.40. The van der Waals surface area contributed by atoms with Crippen molar-refractivity contribution < 1.29 is 26.7 Å². The highest BCUT2D eigenvalue weighted by molar-refractivity contribution is 9.11. The van der Waals surface area contributed by atoms with Crippen LogP contribution in [0, 0.1) is 0 Å². The Balaban J connectivity index is 3.27. The third-order valence-electron chi connectivity index (χ3n) is 1.61. The molecule has 0 saturated heterocycles. The number of benzene rings is 1. The van der Waals surface area contributed by atoms with E-state index in [1.54, 1.807) is 0 Å². The molecule has 100 valence electrons. The molecule has 0 atom stereocenters. The van der Waals surface area contributed by atoms with Crippen LogP contribution < -0.4 is 5.11 Å². The molecule has 0 fully saturated rings. The number of halogens is 5. The zero-order chi connectivity index (χ0) is 14.1. The molecule has 0 spiro atoms. The average Bonchev–Trinajstić information content (AvgIpc) is 2.13. The summed E-state index contributed by atoms with van der Waals surface area (Å²) in [7, 11) is -5.83. The van der Waals surface area contributed by atoms with E-state index in [4.69, 9.17) is 0 Å². The van der Waals surface area contributed by atoms with E-state index in [0.717, 1.165) is 12.1 Å². The summed E-state index contributed by atoms with van der Waals surface area (Å²) in [6, 6.07) is 3.83. The Morgan fingerprint density at radius 1 is 1.17 bits per heavy atom. The van der Waals surface area contributed by atoms with Gasteiger partial charge in [0.05, 0.1) is 0 Å². The Morgan fingerprint density at radius 3 is 2.00 bits per heavy atom. The summed E-state index contributed by atoms with van der Waals surface area (Å²) in [6.45, 7) is 0. The van der Waals surface area contributed by atoms with Gasteiger partial charge in [-0.15, -0.1) is 0 Å². The molecule has 1 aromatic rings. The number of nitrogens with zero attached hydrogens (tertiary/aromatic N) is 1. The minimum absolute atomic E-state index is 0.288.